The number of hydrogen-bond donors (Lipinski definition) is 2. The van der Waals surface area contributed by atoms with Crippen LogP contribution in [0.3, 0.4) is 0 Å². The monoisotopic (exact) mass is 317 g/mol. The molecule has 24 heavy (non-hydrogen) atoms. The number of nitrogens with one attached hydrogen (secondary N) is 1. The molecule has 0 unspecified atom stereocenters. The Labute approximate surface area is 138 Å². The maximum atomic E-state index is 12.8. The smallest absolute Gasteiger partial charge is 0.209 e. The molecule has 2 N–H and O–H groups in total. The normalized spacial score (nSPS) is 11.0. The number of carbonyl (C=O) groups excluding carboxylic acids is 1. The van der Waals surface area contributed by atoms with E-state index in [2.05, 4.69) is 4.98 Å². The molecule has 0 saturated carbocycles. The summed E-state index contributed by atoms with van der Waals surface area (Å²) in [4.78, 5) is 15.9. The third-order valence-corrected chi connectivity index (χ3v) is 4.22. The maximum Gasteiger partial charge on any atom is 0.209 e. The van der Waals surface area contributed by atoms with Crippen molar-refractivity contribution in [3.05, 3.63) is 71.9 Å². The molecular formula is C20H15NO3. The number of fused-ring (bicyclic) bond motifs is 3. The van der Waals surface area contributed by atoms with Crippen LogP contribution < -0.4 is 4.74 Å². The summed E-state index contributed by atoms with van der Waals surface area (Å²) in [6, 6.07) is 18.6. The van der Waals surface area contributed by atoms with Crippen molar-refractivity contribution in [2.24, 2.45) is 0 Å². The van der Waals surface area contributed by atoms with Crippen molar-refractivity contribution in [2.75, 3.05) is 7.11 Å². The Morgan fingerprint density at radius 3 is 2.67 bits per heavy atom. The van der Waals surface area contributed by atoms with Crippen LogP contribution in [0, 0.1) is 0 Å². The van der Waals surface area contributed by atoms with Crippen molar-refractivity contribution >= 4 is 27.5 Å². The first-order valence-electron chi connectivity index (χ1n) is 7.59. The molecule has 0 atom stereocenters. The molecule has 1 aromatic heterocycles. The number of phenols is 1. The van der Waals surface area contributed by atoms with E-state index in [0.29, 0.717) is 11.3 Å². The van der Waals surface area contributed by atoms with Crippen LogP contribution in [0.4, 0.5) is 0 Å². The molecule has 4 nitrogen and oxygen atoms in total. The van der Waals surface area contributed by atoms with Gasteiger partial charge in [0.05, 0.1) is 12.8 Å². The van der Waals surface area contributed by atoms with Crippen LogP contribution in [0.15, 0.2) is 60.7 Å². The van der Waals surface area contributed by atoms with E-state index in [-0.39, 0.29) is 17.3 Å². The van der Waals surface area contributed by atoms with Crippen LogP contribution in [0.25, 0.3) is 21.7 Å². The van der Waals surface area contributed by atoms with E-state index in [9.17, 15) is 9.90 Å². The van der Waals surface area contributed by atoms with E-state index in [1.54, 1.807) is 12.1 Å². The fourth-order valence-electron chi connectivity index (χ4n) is 2.98. The minimum Gasteiger partial charge on any atom is -0.504 e. The molecule has 3 aromatic carbocycles. The van der Waals surface area contributed by atoms with Crippen LogP contribution in [-0.2, 0) is 0 Å². The van der Waals surface area contributed by atoms with Crippen molar-refractivity contribution in [1.82, 2.24) is 4.98 Å². The number of methoxy groups -OCH3 is 1. The van der Waals surface area contributed by atoms with Crippen molar-refractivity contribution in [2.45, 2.75) is 0 Å². The number of aromatic amines is 1. The predicted molar refractivity (Wildman–Crippen MR) is 93.9 cm³/mol. The zero-order valence-electron chi connectivity index (χ0n) is 13.0. The molecule has 0 aliphatic rings. The van der Waals surface area contributed by atoms with E-state index in [1.807, 2.05) is 42.5 Å². The number of ether oxygens (including phenoxy) is 1. The summed E-state index contributed by atoms with van der Waals surface area (Å²) >= 11 is 0. The second-order valence-corrected chi connectivity index (χ2v) is 5.65. The fourth-order valence-corrected chi connectivity index (χ4v) is 2.98. The quantitative estimate of drug-likeness (QED) is 0.555. The van der Waals surface area contributed by atoms with Gasteiger partial charge in [-0.15, -0.1) is 0 Å². The average Bonchev–Trinajstić information content (AvgIpc) is 3.06. The molecule has 0 fully saturated rings. The first-order valence-corrected chi connectivity index (χ1v) is 7.59. The Morgan fingerprint density at radius 2 is 1.83 bits per heavy atom. The number of ketones is 1. The van der Waals surface area contributed by atoms with E-state index >= 15 is 0 Å². The van der Waals surface area contributed by atoms with Crippen molar-refractivity contribution in [1.29, 1.82) is 0 Å². The van der Waals surface area contributed by atoms with Crippen LogP contribution in [-0.4, -0.2) is 23.0 Å². The van der Waals surface area contributed by atoms with Crippen molar-refractivity contribution in [3.8, 4) is 11.5 Å². The molecule has 0 spiro atoms. The number of H-pyrrole nitrogens is 1. The third kappa shape index (κ3) is 2.20. The van der Waals surface area contributed by atoms with E-state index < -0.39 is 0 Å². The Morgan fingerprint density at radius 1 is 1.00 bits per heavy atom. The number of aromatic hydroxyl groups is 1. The zero-order valence-corrected chi connectivity index (χ0v) is 13.0. The number of benzene rings is 3. The lowest BCUT2D eigenvalue weighted by Crippen LogP contribution is -2.01. The van der Waals surface area contributed by atoms with E-state index in [4.69, 9.17) is 4.74 Å². The van der Waals surface area contributed by atoms with Crippen LogP contribution >= 0.6 is 0 Å². The summed E-state index contributed by atoms with van der Waals surface area (Å²) in [6.07, 6.45) is 0. The highest BCUT2D eigenvalue weighted by Gasteiger charge is 2.15. The minimum atomic E-state index is -0.145. The molecular weight excluding hydrogens is 302 g/mol. The van der Waals surface area contributed by atoms with Gasteiger partial charge in [0.15, 0.2) is 11.5 Å². The Bertz CT molecular complexity index is 1080. The van der Waals surface area contributed by atoms with Gasteiger partial charge in [0, 0.05) is 16.5 Å². The number of hydrogen-bond acceptors (Lipinski definition) is 3. The molecule has 4 rings (SSSR count). The van der Waals surface area contributed by atoms with Gasteiger partial charge in [-0.25, -0.2) is 0 Å². The van der Waals surface area contributed by atoms with Gasteiger partial charge in [-0.3, -0.25) is 4.79 Å². The molecule has 0 aliphatic heterocycles. The van der Waals surface area contributed by atoms with Crippen molar-refractivity contribution in [3.63, 3.8) is 0 Å². The maximum absolute atomic E-state index is 12.8. The molecule has 4 heteroatoms. The third-order valence-electron chi connectivity index (χ3n) is 4.22. The highest BCUT2D eigenvalue weighted by atomic mass is 16.5. The van der Waals surface area contributed by atoms with E-state index in [0.717, 1.165) is 21.7 Å². The summed E-state index contributed by atoms with van der Waals surface area (Å²) < 4.78 is 5.08. The van der Waals surface area contributed by atoms with Gasteiger partial charge in [0.2, 0.25) is 5.78 Å². The van der Waals surface area contributed by atoms with Gasteiger partial charge in [0.1, 0.15) is 0 Å². The number of phenolic OH excluding ortho intramolecular Hbond substituents is 1. The zero-order chi connectivity index (χ0) is 16.7. The Kier molecular flexibility index (Phi) is 3.24. The van der Waals surface area contributed by atoms with Crippen LogP contribution in [0.1, 0.15) is 16.1 Å². The highest BCUT2D eigenvalue weighted by molar-refractivity contribution is 6.14. The molecule has 0 aliphatic carbocycles. The highest BCUT2D eigenvalue weighted by Crippen LogP contribution is 2.29. The summed E-state index contributed by atoms with van der Waals surface area (Å²) in [5.41, 5.74) is 1.89. The van der Waals surface area contributed by atoms with Crippen molar-refractivity contribution < 1.29 is 14.6 Å². The molecule has 0 bridgehead atoms. The lowest BCUT2D eigenvalue weighted by molar-refractivity contribution is 0.103. The number of carbonyl (C=O) groups is 1. The lowest BCUT2D eigenvalue weighted by Gasteiger charge is -2.05. The fraction of sp³-hybridized carbons (Fsp3) is 0.0500. The lowest BCUT2D eigenvalue weighted by atomic mass is 10.1. The number of rotatable bonds is 3. The standard InChI is InChI=1S/C20H15NO3/c1-24-19-10-13(7-9-18(19)22)20(23)17-11-15-14-5-3-2-4-12(14)6-8-16(15)21-17/h2-11,21-22H,1H3. The molecule has 0 radical (unpaired) electrons. The number of aromatic nitrogens is 1. The minimum absolute atomic E-state index is 0.0108. The van der Waals surface area contributed by atoms with E-state index in [1.165, 1.54) is 13.2 Å². The van der Waals surface area contributed by atoms with Gasteiger partial charge in [-0.1, -0.05) is 30.3 Å². The summed E-state index contributed by atoms with van der Waals surface area (Å²) in [5.74, 6) is 0.146. The Hall–Kier alpha value is -3.27. The topological polar surface area (TPSA) is 62.3 Å². The van der Waals surface area contributed by atoms with Gasteiger partial charge >= 0.3 is 0 Å². The van der Waals surface area contributed by atoms with Gasteiger partial charge in [0.25, 0.3) is 0 Å². The van der Waals surface area contributed by atoms with Gasteiger partial charge < -0.3 is 14.8 Å². The summed E-state index contributed by atoms with van der Waals surface area (Å²) in [6.45, 7) is 0. The average molecular weight is 317 g/mol. The van der Waals surface area contributed by atoms with Crippen LogP contribution in [0.2, 0.25) is 0 Å². The first kappa shape index (κ1) is 14.3. The SMILES string of the molecule is COc1cc(C(=O)c2cc3c(ccc4ccccc43)[nH]2)ccc1O. The molecule has 118 valence electrons. The predicted octanol–water partition coefficient (Wildman–Crippen LogP) is 4.27. The second kappa shape index (κ2) is 5.42. The van der Waals surface area contributed by atoms with Crippen LogP contribution in [0.5, 0.6) is 11.5 Å². The molecule has 1 heterocycles. The van der Waals surface area contributed by atoms with Gasteiger partial charge in [-0.05, 0) is 41.1 Å². The summed E-state index contributed by atoms with van der Waals surface area (Å²) in [5, 5.41) is 12.9. The summed E-state index contributed by atoms with van der Waals surface area (Å²) in [7, 11) is 1.46. The molecule has 0 amide bonds. The largest absolute Gasteiger partial charge is 0.504 e. The molecule has 0 saturated heterocycles. The van der Waals surface area contributed by atoms with Gasteiger partial charge in [-0.2, -0.15) is 0 Å². The second-order valence-electron chi connectivity index (χ2n) is 5.65. The first-order chi connectivity index (χ1) is 11.7. The Balaban J connectivity index is 1.84. The molecule has 4 aromatic rings.